The van der Waals surface area contributed by atoms with Crippen molar-refractivity contribution in [1.82, 2.24) is 4.90 Å². The average molecular weight is 401 g/mol. The molecule has 21 heavy (non-hydrogen) atoms. The van der Waals surface area contributed by atoms with E-state index in [4.69, 9.17) is 15.4 Å². The highest BCUT2D eigenvalue weighted by molar-refractivity contribution is 9.10. The van der Waals surface area contributed by atoms with Crippen LogP contribution in [0.3, 0.4) is 0 Å². The molecule has 1 atom stereocenters. The van der Waals surface area contributed by atoms with Crippen molar-refractivity contribution in [3.05, 3.63) is 28.0 Å². The molecule has 9 heteroatoms. The van der Waals surface area contributed by atoms with Crippen LogP contribution >= 0.6 is 26.6 Å². The van der Waals surface area contributed by atoms with Crippen LogP contribution in [0.1, 0.15) is 16.8 Å². The highest BCUT2D eigenvalue weighted by Gasteiger charge is 2.28. The third kappa shape index (κ3) is 3.56. The second kappa shape index (κ2) is 6.20. The predicted octanol–water partition coefficient (Wildman–Crippen LogP) is 2.38. The summed E-state index contributed by atoms with van der Waals surface area (Å²) in [5.74, 6) is -1.43. The molecule has 0 spiro atoms. The molecule has 1 heterocycles. The largest absolute Gasteiger partial charge is 0.379 e. The number of carbonyl (C=O) groups is 1. The Hall–Kier alpha value is -0.700. The molecule has 1 amide bonds. The maximum absolute atomic E-state index is 14.0. The monoisotopic (exact) mass is 399 g/mol. The molecule has 116 valence electrons. The zero-order chi connectivity index (χ0) is 15.8. The Morgan fingerprint density at radius 1 is 1.52 bits per heavy atom. The zero-order valence-electron chi connectivity index (χ0n) is 11.0. The van der Waals surface area contributed by atoms with Gasteiger partial charge in [-0.1, -0.05) is 0 Å². The van der Waals surface area contributed by atoms with Gasteiger partial charge in [-0.25, -0.2) is 12.8 Å². The summed E-state index contributed by atoms with van der Waals surface area (Å²) < 4.78 is 42.0. The molecule has 1 unspecified atom stereocenters. The maximum atomic E-state index is 14.0. The Balaban J connectivity index is 2.41. The van der Waals surface area contributed by atoms with E-state index in [1.165, 1.54) is 11.9 Å². The first-order chi connectivity index (χ1) is 9.71. The van der Waals surface area contributed by atoms with E-state index in [1.54, 1.807) is 0 Å². The molecule has 0 N–H and O–H groups in total. The van der Waals surface area contributed by atoms with E-state index in [2.05, 4.69) is 15.9 Å². The van der Waals surface area contributed by atoms with Gasteiger partial charge in [-0.3, -0.25) is 4.79 Å². The highest BCUT2D eigenvalue weighted by Crippen LogP contribution is 2.29. The lowest BCUT2D eigenvalue weighted by Crippen LogP contribution is -2.37. The molecule has 0 saturated carbocycles. The second-order valence-corrected chi connectivity index (χ2v) is 8.02. The van der Waals surface area contributed by atoms with Crippen molar-refractivity contribution >= 4 is 41.6 Å². The molecule has 5 nitrogen and oxygen atoms in total. The smallest absolute Gasteiger partial charge is 0.262 e. The van der Waals surface area contributed by atoms with E-state index in [0.717, 1.165) is 12.1 Å². The van der Waals surface area contributed by atoms with Crippen molar-refractivity contribution in [3.63, 3.8) is 0 Å². The molecule has 0 aliphatic carbocycles. The lowest BCUT2D eigenvalue weighted by Gasteiger charge is -2.23. The molecule has 0 radical (unpaired) electrons. The summed E-state index contributed by atoms with van der Waals surface area (Å²) in [6, 6.07) is 1.70. The number of carbonyl (C=O) groups excluding carboxylic acids is 1. The number of ether oxygens (including phenoxy) is 1. The van der Waals surface area contributed by atoms with Gasteiger partial charge < -0.3 is 9.64 Å². The van der Waals surface area contributed by atoms with Gasteiger partial charge in [0.15, 0.2) is 0 Å². The van der Waals surface area contributed by atoms with Crippen LogP contribution in [-0.4, -0.2) is 45.5 Å². The summed E-state index contributed by atoms with van der Waals surface area (Å²) in [5.41, 5.74) is -0.341. The van der Waals surface area contributed by atoms with Gasteiger partial charge in [-0.2, -0.15) is 0 Å². The van der Waals surface area contributed by atoms with Crippen LogP contribution in [0.25, 0.3) is 0 Å². The summed E-state index contributed by atoms with van der Waals surface area (Å²) >= 11 is 2.92. The quantitative estimate of drug-likeness (QED) is 0.731. The lowest BCUT2D eigenvalue weighted by atomic mass is 10.1. The van der Waals surface area contributed by atoms with Gasteiger partial charge in [0.25, 0.3) is 15.0 Å². The molecule has 1 aliphatic heterocycles. The molecule has 0 aromatic heterocycles. The molecule has 2 rings (SSSR count). The minimum atomic E-state index is -4.09. The Labute approximate surface area is 134 Å². The fourth-order valence-corrected chi connectivity index (χ4v) is 4.23. The SMILES string of the molecule is CN(C(=O)c1cc(S(=O)(=O)Cl)c(Br)cc1F)C1CCOC1. The maximum Gasteiger partial charge on any atom is 0.262 e. The Morgan fingerprint density at radius 3 is 2.71 bits per heavy atom. The predicted molar refractivity (Wildman–Crippen MR) is 78.5 cm³/mol. The minimum Gasteiger partial charge on any atom is -0.379 e. The third-order valence-corrected chi connectivity index (χ3v) is 5.57. The number of hydrogen-bond acceptors (Lipinski definition) is 4. The first-order valence-corrected chi connectivity index (χ1v) is 9.10. The van der Waals surface area contributed by atoms with E-state index in [-0.39, 0.29) is 21.0 Å². The van der Waals surface area contributed by atoms with Crippen molar-refractivity contribution in [2.45, 2.75) is 17.4 Å². The summed E-state index contributed by atoms with van der Waals surface area (Å²) in [6.07, 6.45) is 0.654. The number of rotatable bonds is 3. The lowest BCUT2D eigenvalue weighted by molar-refractivity contribution is 0.0706. The first-order valence-electron chi connectivity index (χ1n) is 6.00. The van der Waals surface area contributed by atoms with Gasteiger partial charge in [0.1, 0.15) is 5.82 Å². The van der Waals surface area contributed by atoms with E-state index in [0.29, 0.717) is 19.6 Å². The first kappa shape index (κ1) is 16.7. The van der Waals surface area contributed by atoms with E-state index in [1.807, 2.05) is 0 Å². The van der Waals surface area contributed by atoms with Crippen molar-refractivity contribution in [1.29, 1.82) is 0 Å². The van der Waals surface area contributed by atoms with Gasteiger partial charge in [-0.15, -0.1) is 0 Å². The van der Waals surface area contributed by atoms with Crippen LogP contribution in [0.2, 0.25) is 0 Å². The number of hydrogen-bond donors (Lipinski definition) is 0. The normalized spacial score (nSPS) is 18.8. The zero-order valence-corrected chi connectivity index (χ0v) is 14.1. The Bertz CT molecular complexity index is 676. The van der Waals surface area contributed by atoms with E-state index in [9.17, 15) is 17.6 Å². The summed E-state index contributed by atoms with van der Waals surface area (Å²) in [7, 11) is 2.71. The van der Waals surface area contributed by atoms with E-state index < -0.39 is 20.8 Å². The van der Waals surface area contributed by atoms with Crippen molar-refractivity contribution in [2.75, 3.05) is 20.3 Å². The molecule has 0 bridgehead atoms. The molecule has 1 saturated heterocycles. The summed E-state index contributed by atoms with van der Waals surface area (Å²) in [4.78, 5) is 13.3. The van der Waals surface area contributed by atoms with Crippen LogP contribution in [-0.2, 0) is 13.8 Å². The van der Waals surface area contributed by atoms with E-state index >= 15 is 0 Å². The van der Waals surface area contributed by atoms with Crippen molar-refractivity contribution in [3.8, 4) is 0 Å². The Morgan fingerprint density at radius 2 is 2.19 bits per heavy atom. The van der Waals surface area contributed by atoms with Gasteiger partial charge >= 0.3 is 0 Å². The highest BCUT2D eigenvalue weighted by atomic mass is 79.9. The third-order valence-electron chi connectivity index (χ3n) is 3.29. The number of benzene rings is 1. The van der Waals surface area contributed by atoms with Gasteiger partial charge in [-0.05, 0) is 34.5 Å². The van der Waals surface area contributed by atoms with Gasteiger partial charge in [0, 0.05) is 28.8 Å². The topological polar surface area (TPSA) is 63.7 Å². The van der Waals surface area contributed by atoms with Crippen LogP contribution in [0, 0.1) is 5.82 Å². The number of nitrogens with zero attached hydrogens (tertiary/aromatic N) is 1. The fraction of sp³-hybridized carbons (Fsp3) is 0.417. The molecule has 1 fully saturated rings. The van der Waals surface area contributed by atoms with Crippen LogP contribution in [0.5, 0.6) is 0 Å². The van der Waals surface area contributed by atoms with Crippen LogP contribution in [0.4, 0.5) is 4.39 Å². The van der Waals surface area contributed by atoms with Gasteiger partial charge in [0.2, 0.25) is 0 Å². The Kier molecular flexibility index (Phi) is 4.92. The molecular weight excluding hydrogens is 389 g/mol. The summed E-state index contributed by atoms with van der Waals surface area (Å²) in [6.45, 7) is 0.910. The molecule has 1 aromatic carbocycles. The minimum absolute atomic E-state index is 0.0293. The van der Waals surface area contributed by atoms with Crippen molar-refractivity contribution in [2.24, 2.45) is 0 Å². The average Bonchev–Trinajstić information content (AvgIpc) is 2.89. The molecule has 1 aromatic rings. The fourth-order valence-electron chi connectivity index (χ4n) is 2.06. The molecular formula is C12H12BrClFNO4S. The van der Waals surface area contributed by atoms with Crippen LogP contribution < -0.4 is 0 Å². The number of amides is 1. The van der Waals surface area contributed by atoms with Crippen LogP contribution in [0.15, 0.2) is 21.5 Å². The van der Waals surface area contributed by atoms with Crippen molar-refractivity contribution < 1.29 is 22.3 Å². The summed E-state index contributed by atoms with van der Waals surface area (Å²) in [5, 5.41) is 0. The number of halogens is 3. The number of likely N-dealkylation sites (N-methyl/N-ethyl adjacent to an activating group) is 1. The van der Waals surface area contributed by atoms with Gasteiger partial charge in [0.05, 0.1) is 23.1 Å². The standard InChI is InChI=1S/C12H12BrClFNO4S/c1-16(7-2-3-20-6-7)12(17)8-4-11(21(14,18)19)9(13)5-10(8)15/h4-5,7H,2-3,6H2,1H3. The molecule has 1 aliphatic rings. The second-order valence-electron chi connectivity index (χ2n) is 4.63.